The first-order valence-corrected chi connectivity index (χ1v) is 10.0. The number of methoxy groups -OCH3 is 1. The van der Waals surface area contributed by atoms with E-state index in [1.807, 2.05) is 36.2 Å². The number of fused-ring (bicyclic) bond motifs is 1. The van der Waals surface area contributed by atoms with Crippen LogP contribution in [0.25, 0.3) is 10.2 Å². The second kappa shape index (κ2) is 7.16. The van der Waals surface area contributed by atoms with E-state index in [1.165, 1.54) is 35.9 Å². The number of hydrogen-bond donors (Lipinski definition) is 0. The topological polar surface area (TPSA) is 34.5 Å². The highest BCUT2D eigenvalue weighted by Gasteiger charge is 2.26. The van der Waals surface area contributed by atoms with Gasteiger partial charge < -0.3 is 14.2 Å². The number of aromatic nitrogens is 1. The van der Waals surface area contributed by atoms with E-state index in [-0.39, 0.29) is 5.91 Å². The van der Waals surface area contributed by atoms with Crippen molar-refractivity contribution < 1.29 is 9.53 Å². The van der Waals surface area contributed by atoms with Crippen LogP contribution in [-0.4, -0.2) is 29.5 Å². The Kier molecular flexibility index (Phi) is 4.72. The summed E-state index contributed by atoms with van der Waals surface area (Å²) in [7, 11) is 3.54. The molecule has 0 bridgehead atoms. The molecule has 0 saturated heterocycles. The molecule has 2 aromatic heterocycles. The van der Waals surface area contributed by atoms with Gasteiger partial charge in [0.25, 0.3) is 5.91 Å². The van der Waals surface area contributed by atoms with Gasteiger partial charge in [0.2, 0.25) is 0 Å². The van der Waals surface area contributed by atoms with Crippen molar-refractivity contribution in [1.82, 2.24) is 9.47 Å². The summed E-state index contributed by atoms with van der Waals surface area (Å²) in [6.45, 7) is 0.590. The zero-order valence-electron chi connectivity index (χ0n) is 15.3. The fraction of sp³-hybridized carbons (Fsp3) is 0.381. The Bertz CT molecular complexity index is 904. The zero-order valence-corrected chi connectivity index (χ0v) is 16.1. The third-order valence-corrected chi connectivity index (χ3v) is 6.15. The van der Waals surface area contributed by atoms with E-state index in [4.69, 9.17) is 4.74 Å². The van der Waals surface area contributed by atoms with Gasteiger partial charge in [-0.25, -0.2) is 0 Å². The highest BCUT2D eigenvalue weighted by Crippen LogP contribution is 2.36. The van der Waals surface area contributed by atoms with Crippen LogP contribution < -0.4 is 4.74 Å². The van der Waals surface area contributed by atoms with E-state index in [0.717, 1.165) is 17.0 Å². The third kappa shape index (κ3) is 3.12. The molecule has 0 unspecified atom stereocenters. The number of benzene rings is 1. The minimum absolute atomic E-state index is 0.0936. The molecule has 26 heavy (non-hydrogen) atoms. The largest absolute Gasteiger partial charge is 0.497 e. The second-order valence-corrected chi connectivity index (χ2v) is 7.96. The average molecular weight is 369 g/mol. The number of nitrogens with zero attached hydrogens (tertiary/aromatic N) is 2. The van der Waals surface area contributed by atoms with E-state index < -0.39 is 0 Å². The number of amides is 1. The molecule has 4 nitrogen and oxygen atoms in total. The molecule has 1 amide bonds. The minimum atomic E-state index is 0.0936. The Morgan fingerprint density at radius 3 is 2.65 bits per heavy atom. The molecule has 0 radical (unpaired) electrons. The monoisotopic (exact) mass is 368 g/mol. The second-order valence-electron chi connectivity index (χ2n) is 7.02. The van der Waals surface area contributed by atoms with Crippen LogP contribution in [0.5, 0.6) is 5.75 Å². The summed E-state index contributed by atoms with van der Waals surface area (Å²) in [6, 6.07) is 12.6. The third-order valence-electron chi connectivity index (χ3n) is 5.29. The van der Waals surface area contributed by atoms with E-state index >= 15 is 0 Å². The molecule has 5 heteroatoms. The number of hydrogen-bond acceptors (Lipinski definition) is 3. The van der Waals surface area contributed by atoms with Gasteiger partial charge in [0.1, 0.15) is 11.4 Å². The lowest BCUT2D eigenvalue weighted by Crippen LogP contribution is -2.29. The van der Waals surface area contributed by atoms with E-state index in [2.05, 4.69) is 22.1 Å². The van der Waals surface area contributed by atoms with Crippen molar-refractivity contribution in [3.05, 3.63) is 53.0 Å². The summed E-state index contributed by atoms with van der Waals surface area (Å²) in [6.07, 6.45) is 4.85. The van der Waals surface area contributed by atoms with Gasteiger partial charge in [-0.05, 0) is 48.1 Å². The van der Waals surface area contributed by atoms with Crippen LogP contribution in [-0.2, 0) is 6.54 Å². The average Bonchev–Trinajstić information content (AvgIpc) is 3.38. The normalized spacial score (nSPS) is 14.8. The quantitative estimate of drug-likeness (QED) is 0.628. The standard InChI is InChI=1S/C21H24N2O2S/c1-22(14-15-7-9-17(25-2)10-8-15)21(24)19-13-20-18(11-12-26-20)23(19)16-5-3-4-6-16/h7-13,16H,3-6,14H2,1-2H3. The predicted octanol–water partition coefficient (Wildman–Crippen LogP) is 5.10. The molecular weight excluding hydrogens is 344 g/mol. The highest BCUT2D eigenvalue weighted by atomic mass is 32.1. The molecule has 0 spiro atoms. The Morgan fingerprint density at radius 2 is 1.96 bits per heavy atom. The first-order chi connectivity index (χ1) is 12.7. The Morgan fingerprint density at radius 1 is 1.23 bits per heavy atom. The minimum Gasteiger partial charge on any atom is -0.497 e. The van der Waals surface area contributed by atoms with Gasteiger partial charge in [0.05, 0.1) is 17.3 Å². The number of thiophene rings is 1. The van der Waals surface area contributed by atoms with Gasteiger partial charge in [0.15, 0.2) is 0 Å². The maximum atomic E-state index is 13.2. The van der Waals surface area contributed by atoms with Crippen LogP contribution in [0.2, 0.25) is 0 Å². The van der Waals surface area contributed by atoms with Crippen LogP contribution in [0.15, 0.2) is 41.8 Å². The Hall–Kier alpha value is -2.27. The molecule has 1 aliphatic rings. The highest BCUT2D eigenvalue weighted by molar-refractivity contribution is 7.17. The molecule has 4 rings (SSSR count). The van der Waals surface area contributed by atoms with Crippen LogP contribution >= 0.6 is 11.3 Å². The Balaban J connectivity index is 1.60. The first-order valence-electron chi connectivity index (χ1n) is 9.14. The maximum Gasteiger partial charge on any atom is 0.270 e. The molecule has 1 fully saturated rings. The van der Waals surface area contributed by atoms with Crippen molar-refractivity contribution in [3.63, 3.8) is 0 Å². The van der Waals surface area contributed by atoms with Crippen molar-refractivity contribution in [2.75, 3.05) is 14.2 Å². The lowest BCUT2D eigenvalue weighted by atomic mass is 10.2. The van der Waals surface area contributed by atoms with Gasteiger partial charge in [-0.2, -0.15) is 0 Å². The number of ether oxygens (including phenoxy) is 1. The molecule has 0 aliphatic heterocycles. The van der Waals surface area contributed by atoms with Gasteiger partial charge in [-0.15, -0.1) is 11.3 Å². The Labute approximate surface area is 158 Å². The van der Waals surface area contributed by atoms with Gasteiger partial charge in [-0.1, -0.05) is 25.0 Å². The van der Waals surface area contributed by atoms with Crippen LogP contribution in [0.1, 0.15) is 47.8 Å². The van der Waals surface area contributed by atoms with Crippen molar-refractivity contribution in [1.29, 1.82) is 0 Å². The van der Waals surface area contributed by atoms with Crippen LogP contribution in [0.3, 0.4) is 0 Å². The maximum absolute atomic E-state index is 13.2. The first kappa shape index (κ1) is 17.2. The summed E-state index contributed by atoms with van der Waals surface area (Å²) in [5.74, 6) is 0.925. The smallest absolute Gasteiger partial charge is 0.270 e. The van der Waals surface area contributed by atoms with Crippen molar-refractivity contribution in [3.8, 4) is 5.75 Å². The molecule has 0 atom stereocenters. The molecule has 1 aliphatic carbocycles. The van der Waals surface area contributed by atoms with Gasteiger partial charge in [-0.3, -0.25) is 4.79 Å². The van der Waals surface area contributed by atoms with E-state index in [1.54, 1.807) is 18.4 Å². The summed E-state index contributed by atoms with van der Waals surface area (Å²) < 4.78 is 8.71. The van der Waals surface area contributed by atoms with Gasteiger partial charge >= 0.3 is 0 Å². The molecule has 2 heterocycles. The SMILES string of the molecule is COc1ccc(CN(C)C(=O)c2cc3sccc3n2C2CCCC2)cc1. The van der Waals surface area contributed by atoms with Gasteiger partial charge in [0, 0.05) is 19.6 Å². The summed E-state index contributed by atoms with van der Waals surface area (Å²) in [4.78, 5) is 15.0. The summed E-state index contributed by atoms with van der Waals surface area (Å²) in [5, 5.41) is 2.12. The number of carbonyl (C=O) groups is 1. The molecular formula is C21H24N2O2S. The predicted molar refractivity (Wildman–Crippen MR) is 106 cm³/mol. The lowest BCUT2D eigenvalue weighted by molar-refractivity contribution is 0.0772. The van der Waals surface area contributed by atoms with Crippen molar-refractivity contribution >= 4 is 27.5 Å². The summed E-state index contributed by atoms with van der Waals surface area (Å²) in [5.41, 5.74) is 3.14. The molecule has 136 valence electrons. The summed E-state index contributed by atoms with van der Waals surface area (Å²) >= 11 is 1.71. The van der Waals surface area contributed by atoms with E-state index in [9.17, 15) is 4.79 Å². The van der Waals surface area contributed by atoms with Crippen molar-refractivity contribution in [2.45, 2.75) is 38.3 Å². The molecule has 0 N–H and O–H groups in total. The molecule has 3 aromatic rings. The number of rotatable bonds is 5. The van der Waals surface area contributed by atoms with Crippen molar-refractivity contribution in [2.24, 2.45) is 0 Å². The van der Waals surface area contributed by atoms with E-state index in [0.29, 0.717) is 12.6 Å². The molecule has 1 aromatic carbocycles. The van der Waals surface area contributed by atoms with Crippen LogP contribution in [0.4, 0.5) is 0 Å². The lowest BCUT2D eigenvalue weighted by Gasteiger charge is -2.22. The number of carbonyl (C=O) groups excluding carboxylic acids is 1. The van der Waals surface area contributed by atoms with Crippen LogP contribution in [0, 0.1) is 0 Å². The zero-order chi connectivity index (χ0) is 18.1. The molecule has 1 saturated carbocycles. The fourth-order valence-corrected chi connectivity index (χ4v) is 4.75. The fourth-order valence-electron chi connectivity index (χ4n) is 3.94.